The molecule has 0 bridgehead atoms. The van der Waals surface area contributed by atoms with Gasteiger partial charge in [0, 0.05) is 18.3 Å². The van der Waals surface area contributed by atoms with E-state index in [0.29, 0.717) is 6.54 Å². The maximum atomic E-state index is 5.32. The molecule has 1 aromatic rings. The highest BCUT2D eigenvalue weighted by atomic mass is 35.5. The van der Waals surface area contributed by atoms with Crippen LogP contribution in [0.25, 0.3) is 0 Å². The smallest absolute Gasteiger partial charge is 0.0416 e. The second-order valence-electron chi connectivity index (χ2n) is 1.86. The highest BCUT2D eigenvalue weighted by Gasteiger charge is 1.86. The van der Waals surface area contributed by atoms with E-state index in [-0.39, 0.29) is 12.4 Å². The Morgan fingerprint density at radius 2 is 2.20 bits per heavy atom. The van der Waals surface area contributed by atoms with Crippen LogP contribution < -0.4 is 5.73 Å². The zero-order chi connectivity index (χ0) is 6.53. The van der Waals surface area contributed by atoms with Gasteiger partial charge < -0.3 is 5.73 Å². The van der Waals surface area contributed by atoms with Gasteiger partial charge in [-0.3, -0.25) is 4.98 Å². The second kappa shape index (κ2) is 5.21. The molecule has 0 aliphatic heterocycles. The summed E-state index contributed by atoms with van der Waals surface area (Å²) in [7, 11) is 0. The Labute approximate surface area is 66.9 Å². The summed E-state index contributed by atoms with van der Waals surface area (Å²) >= 11 is 0. The summed E-state index contributed by atoms with van der Waals surface area (Å²) in [5, 5.41) is 0. The molecule has 3 heteroatoms. The van der Waals surface area contributed by atoms with Crippen LogP contribution in [0.2, 0.25) is 0 Å². The van der Waals surface area contributed by atoms with Gasteiger partial charge in [-0.25, -0.2) is 0 Å². The number of pyridine rings is 1. The first-order valence-electron chi connectivity index (χ1n) is 3.03. The first-order chi connectivity index (χ1) is 4.43. The number of nitrogens with zero attached hydrogens (tertiary/aromatic N) is 1. The Kier molecular flexibility index (Phi) is 4.89. The molecule has 0 spiro atoms. The molecular formula is C7H11ClN2. The predicted octanol–water partition coefficient (Wildman–Crippen LogP) is 1.00. The van der Waals surface area contributed by atoms with Crippen LogP contribution in [-0.4, -0.2) is 11.5 Å². The largest absolute Gasteiger partial charge is 0.330 e. The highest BCUT2D eigenvalue weighted by Crippen LogP contribution is 1.91. The Morgan fingerprint density at radius 3 is 2.70 bits per heavy atom. The van der Waals surface area contributed by atoms with Gasteiger partial charge in [0.2, 0.25) is 0 Å². The monoisotopic (exact) mass is 158 g/mol. The number of halogens is 1. The quantitative estimate of drug-likeness (QED) is 0.698. The van der Waals surface area contributed by atoms with Crippen LogP contribution in [0.5, 0.6) is 0 Å². The van der Waals surface area contributed by atoms with Gasteiger partial charge in [-0.15, -0.1) is 12.4 Å². The van der Waals surface area contributed by atoms with Crippen molar-refractivity contribution in [3.63, 3.8) is 0 Å². The minimum Gasteiger partial charge on any atom is -0.330 e. The SMILES string of the molecule is Cl.NCCc1ccccn1. The lowest BCUT2D eigenvalue weighted by Gasteiger charge is -1.92. The molecular weight excluding hydrogens is 148 g/mol. The average Bonchev–Trinajstić information content (AvgIpc) is 1.91. The third kappa shape index (κ3) is 2.80. The molecule has 0 unspecified atom stereocenters. The molecule has 2 N–H and O–H groups in total. The highest BCUT2D eigenvalue weighted by molar-refractivity contribution is 5.85. The lowest BCUT2D eigenvalue weighted by Crippen LogP contribution is -2.03. The minimum absolute atomic E-state index is 0. The van der Waals surface area contributed by atoms with Gasteiger partial charge >= 0.3 is 0 Å². The maximum Gasteiger partial charge on any atom is 0.0416 e. The summed E-state index contributed by atoms with van der Waals surface area (Å²) in [5.41, 5.74) is 6.39. The molecule has 10 heavy (non-hydrogen) atoms. The van der Waals surface area contributed by atoms with Gasteiger partial charge in [-0.05, 0) is 18.7 Å². The van der Waals surface area contributed by atoms with Crippen molar-refractivity contribution in [3.05, 3.63) is 30.1 Å². The molecule has 0 saturated heterocycles. The maximum absolute atomic E-state index is 5.32. The zero-order valence-electron chi connectivity index (χ0n) is 5.66. The zero-order valence-corrected chi connectivity index (χ0v) is 6.47. The van der Waals surface area contributed by atoms with Crippen LogP contribution in [0.4, 0.5) is 0 Å². The summed E-state index contributed by atoms with van der Waals surface area (Å²) in [6.07, 6.45) is 2.66. The molecule has 1 rings (SSSR count). The van der Waals surface area contributed by atoms with Crippen molar-refractivity contribution in [1.82, 2.24) is 4.98 Å². The van der Waals surface area contributed by atoms with Crippen molar-refractivity contribution in [3.8, 4) is 0 Å². The van der Waals surface area contributed by atoms with Gasteiger partial charge in [0.25, 0.3) is 0 Å². The second-order valence-corrected chi connectivity index (χ2v) is 1.86. The third-order valence-corrected chi connectivity index (χ3v) is 1.13. The number of aromatic nitrogens is 1. The normalized spacial score (nSPS) is 8.50. The fraction of sp³-hybridized carbons (Fsp3) is 0.286. The van der Waals surface area contributed by atoms with E-state index in [1.54, 1.807) is 6.20 Å². The van der Waals surface area contributed by atoms with E-state index in [2.05, 4.69) is 4.98 Å². The molecule has 0 atom stereocenters. The van der Waals surface area contributed by atoms with Crippen LogP contribution in [0.1, 0.15) is 5.69 Å². The van der Waals surface area contributed by atoms with Crippen LogP contribution >= 0.6 is 12.4 Å². The molecule has 0 saturated carbocycles. The van der Waals surface area contributed by atoms with Gasteiger partial charge in [0.05, 0.1) is 0 Å². The molecule has 0 aliphatic carbocycles. The van der Waals surface area contributed by atoms with Crippen LogP contribution in [0.3, 0.4) is 0 Å². The minimum atomic E-state index is 0. The van der Waals surface area contributed by atoms with Crippen molar-refractivity contribution >= 4 is 12.4 Å². The van der Waals surface area contributed by atoms with E-state index in [4.69, 9.17) is 5.73 Å². The number of nitrogens with two attached hydrogens (primary N) is 1. The predicted molar refractivity (Wildman–Crippen MR) is 44.2 cm³/mol. The molecule has 2 nitrogen and oxygen atoms in total. The topological polar surface area (TPSA) is 38.9 Å². The molecule has 0 aliphatic rings. The molecule has 0 amide bonds. The van der Waals surface area contributed by atoms with Crippen molar-refractivity contribution in [2.45, 2.75) is 6.42 Å². The molecule has 0 fully saturated rings. The molecule has 0 aromatic carbocycles. The molecule has 1 aromatic heterocycles. The first-order valence-corrected chi connectivity index (χ1v) is 3.03. The summed E-state index contributed by atoms with van der Waals surface area (Å²) in [4.78, 5) is 4.09. The lowest BCUT2D eigenvalue weighted by atomic mass is 10.3. The van der Waals surface area contributed by atoms with Crippen LogP contribution in [0, 0.1) is 0 Å². The first kappa shape index (κ1) is 9.40. The van der Waals surface area contributed by atoms with Crippen molar-refractivity contribution in [2.24, 2.45) is 5.73 Å². The Bertz CT molecular complexity index is 165. The van der Waals surface area contributed by atoms with E-state index in [1.165, 1.54) is 0 Å². The fourth-order valence-corrected chi connectivity index (χ4v) is 0.694. The van der Waals surface area contributed by atoms with Crippen molar-refractivity contribution in [1.29, 1.82) is 0 Å². The van der Waals surface area contributed by atoms with Gasteiger partial charge in [-0.1, -0.05) is 6.07 Å². The summed E-state index contributed by atoms with van der Waals surface area (Å²) in [5.74, 6) is 0. The van der Waals surface area contributed by atoms with E-state index >= 15 is 0 Å². The lowest BCUT2D eigenvalue weighted by molar-refractivity contribution is 0.923. The number of hydrogen-bond donors (Lipinski definition) is 1. The molecule has 0 radical (unpaired) electrons. The summed E-state index contributed by atoms with van der Waals surface area (Å²) in [6, 6.07) is 5.85. The Hall–Kier alpha value is -0.600. The fourth-order valence-electron chi connectivity index (χ4n) is 0.694. The van der Waals surface area contributed by atoms with E-state index in [0.717, 1.165) is 12.1 Å². The molecule has 1 heterocycles. The van der Waals surface area contributed by atoms with E-state index in [1.807, 2.05) is 18.2 Å². The van der Waals surface area contributed by atoms with Gasteiger partial charge in [0.1, 0.15) is 0 Å². The average molecular weight is 159 g/mol. The van der Waals surface area contributed by atoms with Crippen molar-refractivity contribution < 1.29 is 0 Å². The number of rotatable bonds is 2. The van der Waals surface area contributed by atoms with Gasteiger partial charge in [0.15, 0.2) is 0 Å². The van der Waals surface area contributed by atoms with Crippen LogP contribution in [-0.2, 0) is 6.42 Å². The van der Waals surface area contributed by atoms with Crippen molar-refractivity contribution in [2.75, 3.05) is 6.54 Å². The number of hydrogen-bond acceptors (Lipinski definition) is 2. The van der Waals surface area contributed by atoms with E-state index in [9.17, 15) is 0 Å². The van der Waals surface area contributed by atoms with Gasteiger partial charge in [-0.2, -0.15) is 0 Å². The van der Waals surface area contributed by atoms with Crippen LogP contribution in [0.15, 0.2) is 24.4 Å². The summed E-state index contributed by atoms with van der Waals surface area (Å²) in [6.45, 7) is 0.678. The molecule has 56 valence electrons. The van der Waals surface area contributed by atoms with E-state index < -0.39 is 0 Å². The standard InChI is InChI=1S/C7H10N2.ClH/c8-5-4-7-3-1-2-6-9-7;/h1-3,6H,4-5,8H2;1H. The Morgan fingerprint density at radius 1 is 1.40 bits per heavy atom. The summed E-state index contributed by atoms with van der Waals surface area (Å²) < 4.78 is 0. The third-order valence-electron chi connectivity index (χ3n) is 1.13. The Balaban J connectivity index is 0.000000810.